The molecule has 1 fully saturated rings. The second-order valence-electron chi connectivity index (χ2n) is 4.26. The number of aromatic hydroxyl groups is 1. The molecule has 106 valence electrons. The van der Waals surface area contributed by atoms with Crippen molar-refractivity contribution in [2.75, 3.05) is 13.7 Å². The molecule has 1 aliphatic rings. The molecule has 1 amide bonds. The van der Waals surface area contributed by atoms with Gasteiger partial charge in [0.2, 0.25) is 0 Å². The Hall–Kier alpha value is -1.53. The normalized spacial score (nSPS) is 17.1. The van der Waals surface area contributed by atoms with E-state index in [9.17, 15) is 9.90 Å². The lowest BCUT2D eigenvalue weighted by molar-refractivity contribution is -0.122. The summed E-state index contributed by atoms with van der Waals surface area (Å²) in [7, 11) is 1.49. The van der Waals surface area contributed by atoms with Crippen LogP contribution in [0.15, 0.2) is 23.1 Å². The van der Waals surface area contributed by atoms with Crippen LogP contribution in [0.3, 0.4) is 0 Å². The molecule has 1 saturated heterocycles. The average molecular weight is 309 g/mol. The van der Waals surface area contributed by atoms with Crippen LogP contribution in [-0.4, -0.2) is 33.9 Å². The molecule has 20 heavy (non-hydrogen) atoms. The number of benzene rings is 1. The molecule has 1 N–H and O–H groups in total. The van der Waals surface area contributed by atoms with Crippen molar-refractivity contribution in [3.8, 4) is 11.5 Å². The van der Waals surface area contributed by atoms with Gasteiger partial charge in [-0.1, -0.05) is 37.0 Å². The average Bonchev–Trinajstić information content (AvgIpc) is 2.67. The molecule has 2 rings (SSSR count). The summed E-state index contributed by atoms with van der Waals surface area (Å²) in [6, 6.07) is 5.00. The number of rotatable bonds is 4. The number of thiocarbonyl (C=S) groups is 1. The lowest BCUT2D eigenvalue weighted by Gasteiger charge is -2.11. The summed E-state index contributed by atoms with van der Waals surface area (Å²) < 4.78 is 5.57. The zero-order chi connectivity index (χ0) is 14.7. The van der Waals surface area contributed by atoms with Crippen molar-refractivity contribution >= 4 is 40.3 Å². The maximum absolute atomic E-state index is 12.2. The Kier molecular flexibility index (Phi) is 4.67. The van der Waals surface area contributed by atoms with Gasteiger partial charge < -0.3 is 9.84 Å². The number of hydrogen-bond donors (Lipinski definition) is 1. The van der Waals surface area contributed by atoms with Gasteiger partial charge in [-0.2, -0.15) is 0 Å². The predicted molar refractivity (Wildman–Crippen MR) is 84.8 cm³/mol. The molecule has 0 unspecified atom stereocenters. The van der Waals surface area contributed by atoms with Gasteiger partial charge in [0.15, 0.2) is 11.5 Å². The fourth-order valence-corrected chi connectivity index (χ4v) is 3.17. The number of nitrogens with zero attached hydrogens (tertiary/aromatic N) is 1. The lowest BCUT2D eigenvalue weighted by atomic mass is 10.2. The van der Waals surface area contributed by atoms with Crippen molar-refractivity contribution in [1.82, 2.24) is 4.90 Å². The van der Waals surface area contributed by atoms with E-state index in [2.05, 4.69) is 0 Å². The van der Waals surface area contributed by atoms with Gasteiger partial charge in [0.1, 0.15) is 4.32 Å². The maximum atomic E-state index is 12.2. The number of hydrogen-bond acceptors (Lipinski definition) is 5. The fraction of sp³-hybridized carbons (Fsp3) is 0.286. The quantitative estimate of drug-likeness (QED) is 0.684. The van der Waals surface area contributed by atoms with E-state index in [1.807, 2.05) is 6.92 Å². The van der Waals surface area contributed by atoms with E-state index >= 15 is 0 Å². The third-order valence-electron chi connectivity index (χ3n) is 2.82. The minimum atomic E-state index is -0.0721. The first-order valence-corrected chi connectivity index (χ1v) is 7.41. The molecule has 1 aromatic rings. The van der Waals surface area contributed by atoms with Gasteiger partial charge in [0, 0.05) is 6.54 Å². The highest BCUT2D eigenvalue weighted by molar-refractivity contribution is 8.26. The van der Waals surface area contributed by atoms with Gasteiger partial charge in [-0.05, 0) is 30.2 Å². The molecule has 0 saturated carbocycles. The summed E-state index contributed by atoms with van der Waals surface area (Å²) in [5, 5.41) is 9.74. The van der Waals surface area contributed by atoms with E-state index in [1.165, 1.54) is 18.9 Å². The molecular weight excluding hydrogens is 294 g/mol. The highest BCUT2D eigenvalue weighted by atomic mass is 32.2. The second kappa shape index (κ2) is 6.28. The summed E-state index contributed by atoms with van der Waals surface area (Å²) >= 11 is 6.49. The van der Waals surface area contributed by atoms with Crippen molar-refractivity contribution < 1.29 is 14.6 Å². The van der Waals surface area contributed by atoms with Crippen LogP contribution in [0.1, 0.15) is 18.9 Å². The van der Waals surface area contributed by atoms with Gasteiger partial charge in [0.05, 0.1) is 12.0 Å². The highest BCUT2D eigenvalue weighted by Crippen LogP contribution is 2.34. The van der Waals surface area contributed by atoms with E-state index in [-0.39, 0.29) is 11.7 Å². The monoisotopic (exact) mass is 309 g/mol. The smallest absolute Gasteiger partial charge is 0.266 e. The molecule has 0 atom stereocenters. The molecule has 0 spiro atoms. The number of thioether (sulfide) groups is 1. The van der Waals surface area contributed by atoms with Crippen molar-refractivity contribution in [2.24, 2.45) is 0 Å². The van der Waals surface area contributed by atoms with E-state index in [1.54, 1.807) is 29.2 Å². The van der Waals surface area contributed by atoms with Crippen LogP contribution in [0.2, 0.25) is 0 Å². The predicted octanol–water partition coefficient (Wildman–Crippen LogP) is 3.01. The van der Waals surface area contributed by atoms with Crippen molar-refractivity contribution in [3.05, 3.63) is 28.7 Å². The number of carbonyl (C=O) groups excluding carboxylic acids is 1. The molecule has 1 aliphatic heterocycles. The summed E-state index contributed by atoms with van der Waals surface area (Å²) in [5.41, 5.74) is 0.736. The number of ether oxygens (including phenoxy) is 1. The first-order chi connectivity index (χ1) is 9.56. The highest BCUT2D eigenvalue weighted by Gasteiger charge is 2.31. The minimum Gasteiger partial charge on any atom is -0.504 e. The van der Waals surface area contributed by atoms with Crippen LogP contribution in [0.5, 0.6) is 11.5 Å². The van der Waals surface area contributed by atoms with E-state index in [0.29, 0.717) is 21.5 Å². The third kappa shape index (κ3) is 2.96. The third-order valence-corrected chi connectivity index (χ3v) is 4.20. The molecule has 6 heteroatoms. The molecule has 0 aromatic heterocycles. The topological polar surface area (TPSA) is 49.8 Å². The second-order valence-corrected chi connectivity index (χ2v) is 5.94. The Balaban J connectivity index is 2.26. The van der Waals surface area contributed by atoms with Crippen LogP contribution >= 0.6 is 24.0 Å². The first-order valence-electron chi connectivity index (χ1n) is 6.19. The number of phenolic OH excluding ortho intramolecular Hbond substituents is 1. The van der Waals surface area contributed by atoms with Crippen molar-refractivity contribution in [3.63, 3.8) is 0 Å². The van der Waals surface area contributed by atoms with Crippen LogP contribution in [-0.2, 0) is 4.79 Å². The Morgan fingerprint density at radius 2 is 2.25 bits per heavy atom. The van der Waals surface area contributed by atoms with Gasteiger partial charge in [-0.15, -0.1) is 0 Å². The summed E-state index contributed by atoms with van der Waals surface area (Å²) in [6.45, 7) is 2.64. The Morgan fingerprint density at radius 1 is 1.50 bits per heavy atom. The molecule has 4 nitrogen and oxygen atoms in total. The first kappa shape index (κ1) is 14.9. The summed E-state index contributed by atoms with van der Waals surface area (Å²) in [6.07, 6.45) is 2.59. The Bertz CT molecular complexity index is 584. The van der Waals surface area contributed by atoms with Gasteiger partial charge in [0.25, 0.3) is 5.91 Å². The number of carbonyl (C=O) groups is 1. The SMILES string of the molecule is CCCN1C(=O)C(=Cc2ccc(OC)c(O)c2)SC1=S. The van der Waals surface area contributed by atoms with E-state index in [0.717, 1.165) is 12.0 Å². The van der Waals surface area contributed by atoms with Crippen molar-refractivity contribution in [2.45, 2.75) is 13.3 Å². The number of methoxy groups -OCH3 is 1. The van der Waals surface area contributed by atoms with E-state index in [4.69, 9.17) is 17.0 Å². The Morgan fingerprint density at radius 3 is 2.85 bits per heavy atom. The lowest BCUT2D eigenvalue weighted by Crippen LogP contribution is -2.28. The zero-order valence-corrected chi connectivity index (χ0v) is 12.9. The molecule has 0 bridgehead atoms. The summed E-state index contributed by atoms with van der Waals surface area (Å²) in [5.74, 6) is 0.378. The molecule has 1 aromatic carbocycles. The summed E-state index contributed by atoms with van der Waals surface area (Å²) in [4.78, 5) is 14.4. The molecular formula is C14H15NO3S2. The van der Waals surface area contributed by atoms with Gasteiger partial charge in [-0.3, -0.25) is 9.69 Å². The van der Waals surface area contributed by atoms with Crippen LogP contribution in [0.25, 0.3) is 6.08 Å². The van der Waals surface area contributed by atoms with Crippen LogP contribution < -0.4 is 4.74 Å². The number of amides is 1. The fourth-order valence-electron chi connectivity index (χ4n) is 1.86. The minimum absolute atomic E-state index is 0.0466. The van der Waals surface area contributed by atoms with Gasteiger partial charge in [-0.25, -0.2) is 0 Å². The zero-order valence-electron chi connectivity index (χ0n) is 11.3. The molecule has 1 heterocycles. The molecule has 0 aliphatic carbocycles. The van der Waals surface area contributed by atoms with E-state index < -0.39 is 0 Å². The van der Waals surface area contributed by atoms with Gasteiger partial charge >= 0.3 is 0 Å². The standard InChI is InChI=1S/C14H15NO3S2/c1-3-6-15-13(17)12(20-14(15)19)8-9-4-5-11(18-2)10(16)7-9/h4-5,7-8,16H,3,6H2,1-2H3. The Labute approximate surface area is 127 Å². The number of phenols is 1. The largest absolute Gasteiger partial charge is 0.504 e. The molecule has 0 radical (unpaired) electrons. The van der Waals surface area contributed by atoms with Crippen LogP contribution in [0, 0.1) is 0 Å². The maximum Gasteiger partial charge on any atom is 0.266 e. The van der Waals surface area contributed by atoms with Crippen molar-refractivity contribution in [1.29, 1.82) is 0 Å². The van der Waals surface area contributed by atoms with Crippen LogP contribution in [0.4, 0.5) is 0 Å².